The second-order valence-corrected chi connectivity index (χ2v) is 10.4. The fraction of sp³-hybridized carbons (Fsp3) is 0.435. The van der Waals surface area contributed by atoms with Crippen molar-refractivity contribution in [2.45, 2.75) is 44.6 Å². The van der Waals surface area contributed by atoms with Gasteiger partial charge in [0.2, 0.25) is 15.9 Å². The molecule has 0 heterocycles. The van der Waals surface area contributed by atoms with E-state index in [1.165, 1.54) is 31.8 Å². The topological polar surface area (TPSA) is 78.5 Å². The van der Waals surface area contributed by atoms with Crippen LogP contribution in [0.15, 0.2) is 53.4 Å². The van der Waals surface area contributed by atoms with Crippen LogP contribution in [-0.2, 0) is 14.8 Å². The van der Waals surface area contributed by atoms with Gasteiger partial charge in [-0.25, -0.2) is 12.7 Å². The van der Waals surface area contributed by atoms with Crippen molar-refractivity contribution >= 4 is 21.6 Å². The van der Waals surface area contributed by atoms with Crippen molar-refractivity contribution in [3.63, 3.8) is 0 Å². The van der Waals surface area contributed by atoms with E-state index in [-0.39, 0.29) is 23.4 Å². The molecule has 30 heavy (non-hydrogen) atoms. The lowest BCUT2D eigenvalue weighted by molar-refractivity contribution is -0.115. The molecule has 6 nitrogen and oxygen atoms in total. The van der Waals surface area contributed by atoms with Crippen LogP contribution in [0.3, 0.4) is 0 Å². The second-order valence-electron chi connectivity index (χ2n) is 8.29. The first-order valence-electron chi connectivity index (χ1n) is 10.2. The van der Waals surface area contributed by atoms with Crippen molar-refractivity contribution in [2.75, 3.05) is 26.0 Å². The van der Waals surface area contributed by atoms with Crippen LogP contribution >= 0.6 is 0 Å². The Bertz CT molecular complexity index is 952. The number of benzene rings is 2. The fourth-order valence-electron chi connectivity index (χ4n) is 3.18. The van der Waals surface area contributed by atoms with E-state index in [9.17, 15) is 13.2 Å². The van der Waals surface area contributed by atoms with Crippen molar-refractivity contribution in [2.24, 2.45) is 5.92 Å². The molecule has 1 amide bonds. The highest BCUT2D eigenvalue weighted by Gasteiger charge is 2.19. The van der Waals surface area contributed by atoms with Gasteiger partial charge in [0.05, 0.1) is 11.4 Å². The van der Waals surface area contributed by atoms with E-state index in [1.807, 2.05) is 0 Å². The van der Waals surface area contributed by atoms with E-state index in [0.717, 1.165) is 9.87 Å². The highest BCUT2D eigenvalue weighted by Crippen LogP contribution is 2.24. The number of hydrogen-bond donors (Lipinski definition) is 2. The molecule has 2 N–H and O–H groups in total. The largest absolute Gasteiger partial charge is 0.325 e. The summed E-state index contributed by atoms with van der Waals surface area (Å²) in [6.45, 7) is 8.68. The average Bonchev–Trinajstić information content (AvgIpc) is 2.68. The van der Waals surface area contributed by atoms with Gasteiger partial charge < -0.3 is 10.6 Å². The maximum Gasteiger partial charge on any atom is 0.242 e. The Morgan fingerprint density at radius 3 is 2.10 bits per heavy atom. The summed E-state index contributed by atoms with van der Waals surface area (Å²) in [6, 6.07) is 14.8. The third kappa shape index (κ3) is 6.14. The zero-order valence-corrected chi connectivity index (χ0v) is 19.5. The van der Waals surface area contributed by atoms with Crippen LogP contribution in [0.5, 0.6) is 0 Å². The van der Waals surface area contributed by atoms with Crippen molar-refractivity contribution < 1.29 is 13.2 Å². The van der Waals surface area contributed by atoms with Gasteiger partial charge >= 0.3 is 0 Å². The Balaban J connectivity index is 2.05. The van der Waals surface area contributed by atoms with Gasteiger partial charge in [-0.05, 0) is 41.2 Å². The van der Waals surface area contributed by atoms with Crippen molar-refractivity contribution in [3.8, 4) is 0 Å². The summed E-state index contributed by atoms with van der Waals surface area (Å²) in [5.74, 6) is 0.553. The first-order chi connectivity index (χ1) is 14.0. The number of nitrogens with zero attached hydrogens (tertiary/aromatic N) is 1. The van der Waals surface area contributed by atoms with Crippen LogP contribution in [0.25, 0.3) is 0 Å². The Labute approximate surface area is 180 Å². The van der Waals surface area contributed by atoms with Crippen molar-refractivity contribution in [1.82, 2.24) is 9.62 Å². The third-order valence-electron chi connectivity index (χ3n) is 5.01. The summed E-state index contributed by atoms with van der Waals surface area (Å²) >= 11 is 0. The minimum absolute atomic E-state index is 0.0393. The molecule has 2 rings (SSSR count). The van der Waals surface area contributed by atoms with Gasteiger partial charge in [-0.2, -0.15) is 0 Å². The minimum Gasteiger partial charge on any atom is -0.325 e. The molecule has 7 heteroatoms. The van der Waals surface area contributed by atoms with Gasteiger partial charge in [0.15, 0.2) is 0 Å². The number of carbonyl (C=O) groups excluding carboxylic acids is 1. The maximum absolute atomic E-state index is 12.5. The van der Waals surface area contributed by atoms with Gasteiger partial charge in [-0.3, -0.25) is 4.79 Å². The predicted molar refractivity (Wildman–Crippen MR) is 122 cm³/mol. The fourth-order valence-corrected chi connectivity index (χ4v) is 4.13. The highest BCUT2D eigenvalue weighted by atomic mass is 32.2. The van der Waals surface area contributed by atoms with Gasteiger partial charge in [0.25, 0.3) is 0 Å². The lowest BCUT2D eigenvalue weighted by Gasteiger charge is -2.23. The van der Waals surface area contributed by atoms with Crippen LogP contribution in [0.4, 0.5) is 5.69 Å². The molecule has 0 aromatic heterocycles. The molecular formula is C23H33N3O3S. The number of amides is 1. The lowest BCUT2D eigenvalue weighted by Crippen LogP contribution is -2.33. The summed E-state index contributed by atoms with van der Waals surface area (Å²) in [7, 11) is -0.599. The first kappa shape index (κ1) is 24.1. The molecule has 0 saturated heterocycles. The number of sulfonamides is 1. The van der Waals surface area contributed by atoms with Crippen LogP contribution in [-0.4, -0.2) is 39.3 Å². The minimum atomic E-state index is -3.55. The summed E-state index contributed by atoms with van der Waals surface area (Å²) in [5, 5.41) is 6.11. The molecule has 0 radical (unpaired) electrons. The normalized spacial score (nSPS) is 13.1. The standard InChI is InChI=1S/C23H33N3O3S/c1-16(2)18-10-12-19(13-11-18)23(17(3)4)24-15-22(27)25-20-8-7-9-21(14-20)30(28,29)26(5)6/h7-14,16-17,23-24H,15H2,1-6H3,(H,25,27)/t23-/m0/s1. The Hall–Kier alpha value is -2.22. The third-order valence-corrected chi connectivity index (χ3v) is 6.82. The molecule has 0 bridgehead atoms. The van der Waals surface area contributed by atoms with Crippen LogP contribution < -0.4 is 10.6 Å². The molecule has 2 aromatic carbocycles. The van der Waals surface area contributed by atoms with Crippen molar-refractivity contribution in [3.05, 3.63) is 59.7 Å². The SMILES string of the molecule is CC(C)c1ccc([C@@H](NCC(=O)Nc2cccc(S(=O)(=O)N(C)C)c2)C(C)C)cc1. The number of nitrogens with one attached hydrogen (secondary N) is 2. The van der Waals surface area contributed by atoms with E-state index in [1.54, 1.807) is 12.1 Å². The molecule has 1 atom stereocenters. The molecule has 0 fully saturated rings. The summed E-state index contributed by atoms with van der Waals surface area (Å²) in [5.41, 5.74) is 2.87. The Kier molecular flexibility index (Phi) is 8.18. The van der Waals surface area contributed by atoms with E-state index < -0.39 is 10.0 Å². The lowest BCUT2D eigenvalue weighted by atomic mass is 9.93. The molecule has 2 aromatic rings. The number of carbonyl (C=O) groups is 1. The number of anilines is 1. The highest BCUT2D eigenvalue weighted by molar-refractivity contribution is 7.89. The van der Waals surface area contributed by atoms with Crippen LogP contribution in [0.2, 0.25) is 0 Å². The van der Waals surface area contributed by atoms with Crippen molar-refractivity contribution in [1.29, 1.82) is 0 Å². The van der Waals surface area contributed by atoms with E-state index in [2.05, 4.69) is 62.6 Å². The molecule has 0 unspecified atom stereocenters. The second kappa shape index (κ2) is 10.2. The van der Waals surface area contributed by atoms with Gasteiger partial charge in [0.1, 0.15) is 0 Å². The average molecular weight is 432 g/mol. The Morgan fingerprint density at radius 2 is 1.57 bits per heavy atom. The number of rotatable bonds is 9. The van der Waals surface area contributed by atoms with Crippen LogP contribution in [0, 0.1) is 5.92 Å². The number of hydrogen-bond acceptors (Lipinski definition) is 4. The van der Waals surface area contributed by atoms with Gasteiger partial charge in [0, 0.05) is 25.8 Å². The summed E-state index contributed by atoms with van der Waals surface area (Å²) in [6.07, 6.45) is 0. The zero-order valence-electron chi connectivity index (χ0n) is 18.6. The van der Waals surface area contributed by atoms with Gasteiger partial charge in [-0.15, -0.1) is 0 Å². The molecule has 0 aliphatic heterocycles. The summed E-state index contributed by atoms with van der Waals surface area (Å²) < 4.78 is 25.7. The van der Waals surface area contributed by atoms with E-state index >= 15 is 0 Å². The molecule has 0 aliphatic rings. The summed E-state index contributed by atoms with van der Waals surface area (Å²) in [4.78, 5) is 12.6. The predicted octanol–water partition coefficient (Wildman–Crippen LogP) is 3.99. The smallest absolute Gasteiger partial charge is 0.242 e. The molecule has 0 spiro atoms. The zero-order chi connectivity index (χ0) is 22.5. The maximum atomic E-state index is 12.5. The van der Waals surface area contributed by atoms with E-state index in [0.29, 0.717) is 17.5 Å². The Morgan fingerprint density at radius 1 is 0.967 bits per heavy atom. The molecular weight excluding hydrogens is 398 g/mol. The molecule has 164 valence electrons. The quantitative estimate of drug-likeness (QED) is 0.629. The monoisotopic (exact) mass is 431 g/mol. The first-order valence-corrected chi connectivity index (χ1v) is 11.6. The van der Waals surface area contributed by atoms with Gasteiger partial charge in [-0.1, -0.05) is 58.0 Å². The van der Waals surface area contributed by atoms with E-state index in [4.69, 9.17) is 0 Å². The molecule has 0 aliphatic carbocycles. The molecule has 0 saturated carbocycles. The van der Waals surface area contributed by atoms with Crippen LogP contribution in [0.1, 0.15) is 50.8 Å².